The van der Waals surface area contributed by atoms with Crippen LogP contribution in [0.2, 0.25) is 0 Å². The molecule has 0 heterocycles. The summed E-state index contributed by atoms with van der Waals surface area (Å²) in [5.41, 5.74) is 1.36. The highest BCUT2D eigenvalue weighted by Gasteiger charge is 2.24. The molecule has 0 aromatic heterocycles. The Hall–Kier alpha value is -1.38. The Labute approximate surface area is 116 Å². The first-order valence-corrected chi connectivity index (χ1v) is 7.09. The van der Waals surface area contributed by atoms with E-state index >= 15 is 0 Å². The predicted octanol–water partition coefficient (Wildman–Crippen LogP) is 3.15. The summed E-state index contributed by atoms with van der Waals surface area (Å²) in [6.45, 7) is 10.5. The van der Waals surface area contributed by atoms with Gasteiger partial charge in [0.1, 0.15) is 0 Å². The molecule has 2 heteroatoms. The molecule has 1 fully saturated rings. The first-order chi connectivity index (χ1) is 9.35. The molecule has 0 spiro atoms. The van der Waals surface area contributed by atoms with Crippen molar-refractivity contribution in [2.45, 2.75) is 24.9 Å². The molecule has 1 unspecified atom stereocenters. The summed E-state index contributed by atoms with van der Waals surface area (Å²) in [5, 5.41) is 3.64. The van der Waals surface area contributed by atoms with Gasteiger partial charge in [-0.1, -0.05) is 42.5 Å². The fourth-order valence-electron chi connectivity index (χ4n) is 2.36. The Bertz CT molecular complexity index is 385. The standard InChI is InChI=1S/C17H24N2/c1-3-12-19(13-4-2)17(14-18-16-10-11-16)15-8-6-5-7-9-15/h3-9,16-18H,1-2,10-14H2. The highest BCUT2D eigenvalue weighted by atomic mass is 15.2. The predicted molar refractivity (Wildman–Crippen MR) is 82.2 cm³/mol. The molecule has 1 aromatic carbocycles. The summed E-state index contributed by atoms with van der Waals surface area (Å²) >= 11 is 0. The van der Waals surface area contributed by atoms with Gasteiger partial charge in [0.05, 0.1) is 0 Å². The minimum atomic E-state index is 0.387. The van der Waals surface area contributed by atoms with Crippen LogP contribution < -0.4 is 5.32 Å². The van der Waals surface area contributed by atoms with Gasteiger partial charge in [0, 0.05) is 31.7 Å². The van der Waals surface area contributed by atoms with Crippen LogP contribution in [0, 0.1) is 0 Å². The minimum Gasteiger partial charge on any atom is -0.312 e. The molecular formula is C17H24N2. The lowest BCUT2D eigenvalue weighted by atomic mass is 10.0. The normalized spacial score (nSPS) is 16.3. The lowest BCUT2D eigenvalue weighted by molar-refractivity contribution is 0.235. The van der Waals surface area contributed by atoms with Crippen molar-refractivity contribution in [2.75, 3.05) is 19.6 Å². The van der Waals surface area contributed by atoms with Crippen LogP contribution in [-0.2, 0) is 0 Å². The first kappa shape index (κ1) is 14.0. The molecule has 0 aliphatic heterocycles. The Morgan fingerprint density at radius 3 is 2.32 bits per heavy atom. The molecule has 0 radical (unpaired) electrons. The molecule has 1 aliphatic rings. The monoisotopic (exact) mass is 256 g/mol. The van der Waals surface area contributed by atoms with Crippen molar-refractivity contribution in [3.05, 3.63) is 61.2 Å². The summed E-state index contributed by atoms with van der Waals surface area (Å²) in [7, 11) is 0. The van der Waals surface area contributed by atoms with E-state index in [1.165, 1.54) is 18.4 Å². The van der Waals surface area contributed by atoms with Crippen LogP contribution in [0.15, 0.2) is 55.6 Å². The van der Waals surface area contributed by atoms with Crippen LogP contribution in [-0.4, -0.2) is 30.6 Å². The van der Waals surface area contributed by atoms with E-state index < -0.39 is 0 Å². The van der Waals surface area contributed by atoms with Gasteiger partial charge in [-0.25, -0.2) is 0 Å². The number of benzene rings is 1. The zero-order valence-electron chi connectivity index (χ0n) is 11.6. The lowest BCUT2D eigenvalue weighted by Gasteiger charge is -2.30. The van der Waals surface area contributed by atoms with E-state index in [1.807, 2.05) is 12.2 Å². The van der Waals surface area contributed by atoms with Gasteiger partial charge >= 0.3 is 0 Å². The molecule has 0 bridgehead atoms. The van der Waals surface area contributed by atoms with Crippen LogP contribution in [0.4, 0.5) is 0 Å². The maximum Gasteiger partial charge on any atom is 0.0479 e. The smallest absolute Gasteiger partial charge is 0.0479 e. The molecule has 1 N–H and O–H groups in total. The van der Waals surface area contributed by atoms with E-state index in [4.69, 9.17) is 0 Å². The van der Waals surface area contributed by atoms with Crippen LogP contribution in [0.5, 0.6) is 0 Å². The highest BCUT2D eigenvalue weighted by molar-refractivity contribution is 5.20. The Morgan fingerprint density at radius 2 is 1.79 bits per heavy atom. The first-order valence-electron chi connectivity index (χ1n) is 7.09. The number of rotatable bonds is 9. The third-order valence-electron chi connectivity index (χ3n) is 3.53. The number of nitrogens with zero attached hydrogens (tertiary/aromatic N) is 1. The average Bonchev–Trinajstić information content (AvgIpc) is 3.25. The fourth-order valence-corrected chi connectivity index (χ4v) is 2.36. The molecule has 19 heavy (non-hydrogen) atoms. The maximum absolute atomic E-state index is 3.87. The van der Waals surface area contributed by atoms with Gasteiger partial charge < -0.3 is 5.32 Å². The summed E-state index contributed by atoms with van der Waals surface area (Å²) < 4.78 is 0. The molecule has 1 aromatic rings. The third-order valence-corrected chi connectivity index (χ3v) is 3.53. The molecule has 2 rings (SSSR count). The van der Waals surface area contributed by atoms with Gasteiger partial charge in [-0.05, 0) is 18.4 Å². The van der Waals surface area contributed by atoms with E-state index in [1.54, 1.807) is 0 Å². The number of hydrogen-bond donors (Lipinski definition) is 1. The third kappa shape index (κ3) is 4.34. The van der Waals surface area contributed by atoms with Crippen molar-refractivity contribution in [3.8, 4) is 0 Å². The summed E-state index contributed by atoms with van der Waals surface area (Å²) in [4.78, 5) is 2.41. The SMILES string of the molecule is C=CCN(CC=C)C(CNC1CC1)c1ccccc1. The summed E-state index contributed by atoms with van der Waals surface area (Å²) in [6.07, 6.45) is 6.59. The Morgan fingerprint density at radius 1 is 1.16 bits per heavy atom. The highest BCUT2D eigenvalue weighted by Crippen LogP contribution is 2.23. The van der Waals surface area contributed by atoms with Gasteiger partial charge in [-0.15, -0.1) is 13.2 Å². The summed E-state index contributed by atoms with van der Waals surface area (Å²) in [6, 6.07) is 11.8. The van der Waals surface area contributed by atoms with Gasteiger partial charge in [-0.2, -0.15) is 0 Å². The summed E-state index contributed by atoms with van der Waals surface area (Å²) in [5.74, 6) is 0. The maximum atomic E-state index is 3.87. The zero-order valence-corrected chi connectivity index (χ0v) is 11.6. The van der Waals surface area contributed by atoms with Gasteiger partial charge in [0.15, 0.2) is 0 Å². The van der Waals surface area contributed by atoms with Gasteiger partial charge in [-0.3, -0.25) is 4.90 Å². The molecule has 102 valence electrons. The van der Waals surface area contributed by atoms with Crippen molar-refractivity contribution in [1.29, 1.82) is 0 Å². The van der Waals surface area contributed by atoms with Crippen molar-refractivity contribution < 1.29 is 0 Å². The molecule has 1 atom stereocenters. The van der Waals surface area contributed by atoms with Crippen LogP contribution in [0.3, 0.4) is 0 Å². The van der Waals surface area contributed by atoms with E-state index in [0.717, 1.165) is 25.7 Å². The number of nitrogens with one attached hydrogen (secondary N) is 1. The minimum absolute atomic E-state index is 0.387. The van der Waals surface area contributed by atoms with E-state index in [0.29, 0.717) is 6.04 Å². The van der Waals surface area contributed by atoms with Gasteiger partial charge in [0.25, 0.3) is 0 Å². The second-order valence-corrected chi connectivity index (χ2v) is 5.14. The van der Waals surface area contributed by atoms with E-state index in [-0.39, 0.29) is 0 Å². The zero-order chi connectivity index (χ0) is 13.5. The molecule has 2 nitrogen and oxygen atoms in total. The van der Waals surface area contributed by atoms with Crippen molar-refractivity contribution in [1.82, 2.24) is 10.2 Å². The largest absolute Gasteiger partial charge is 0.312 e. The Balaban J connectivity index is 2.09. The average molecular weight is 256 g/mol. The fraction of sp³-hybridized carbons (Fsp3) is 0.412. The molecule has 0 saturated heterocycles. The van der Waals surface area contributed by atoms with E-state index in [2.05, 4.69) is 53.7 Å². The van der Waals surface area contributed by atoms with Crippen LogP contribution in [0.1, 0.15) is 24.4 Å². The second-order valence-electron chi connectivity index (χ2n) is 5.14. The lowest BCUT2D eigenvalue weighted by Crippen LogP contribution is -2.37. The van der Waals surface area contributed by atoms with Crippen LogP contribution >= 0.6 is 0 Å². The second kappa shape index (κ2) is 7.27. The molecule has 1 aliphatic carbocycles. The van der Waals surface area contributed by atoms with Crippen LogP contribution in [0.25, 0.3) is 0 Å². The molecule has 1 saturated carbocycles. The number of hydrogen-bond acceptors (Lipinski definition) is 2. The van der Waals surface area contributed by atoms with Gasteiger partial charge in [0.2, 0.25) is 0 Å². The Kier molecular flexibility index (Phi) is 5.37. The van der Waals surface area contributed by atoms with Crippen molar-refractivity contribution in [3.63, 3.8) is 0 Å². The molecule has 0 amide bonds. The quantitative estimate of drug-likeness (QED) is 0.683. The topological polar surface area (TPSA) is 15.3 Å². The van der Waals surface area contributed by atoms with E-state index in [9.17, 15) is 0 Å². The molecular weight excluding hydrogens is 232 g/mol. The van der Waals surface area contributed by atoms with Crippen molar-refractivity contribution in [2.24, 2.45) is 0 Å². The van der Waals surface area contributed by atoms with Crippen molar-refractivity contribution >= 4 is 0 Å².